The summed E-state index contributed by atoms with van der Waals surface area (Å²) < 4.78 is 45.0. The third kappa shape index (κ3) is 4.35. The van der Waals surface area contributed by atoms with Crippen LogP contribution in [-0.4, -0.2) is 47.8 Å². The number of ether oxygens (including phenoxy) is 1. The number of aliphatic imine (C=N–C) groups is 1. The van der Waals surface area contributed by atoms with Gasteiger partial charge in [0.05, 0.1) is 18.8 Å². The van der Waals surface area contributed by atoms with Crippen molar-refractivity contribution < 1.29 is 27.5 Å². The zero-order chi connectivity index (χ0) is 22.2. The monoisotopic (exact) mass is 495 g/mol. The van der Waals surface area contributed by atoms with Gasteiger partial charge in [0, 0.05) is 22.1 Å². The van der Waals surface area contributed by atoms with Crippen molar-refractivity contribution in [3.8, 4) is 0 Å². The lowest BCUT2D eigenvalue weighted by Gasteiger charge is -2.30. The lowest BCUT2D eigenvalue weighted by molar-refractivity contribution is -0.137. The molecule has 1 spiro atoms. The Kier molecular flexibility index (Phi) is 5.61. The van der Waals surface area contributed by atoms with E-state index >= 15 is 0 Å². The van der Waals surface area contributed by atoms with Crippen molar-refractivity contribution in [3.63, 3.8) is 0 Å². The third-order valence-corrected chi connectivity index (χ3v) is 5.67. The highest BCUT2D eigenvalue weighted by atomic mass is 79.9. The maximum atomic E-state index is 13.1. The van der Waals surface area contributed by atoms with Gasteiger partial charge < -0.3 is 15.0 Å². The maximum Gasteiger partial charge on any atom is 0.416 e. The number of hydrogen-bond donors (Lipinski definition) is 1. The molecule has 2 aromatic carbocycles. The minimum absolute atomic E-state index is 0.00255. The smallest absolute Gasteiger partial charge is 0.377 e. The maximum absolute atomic E-state index is 13.1. The van der Waals surface area contributed by atoms with Crippen molar-refractivity contribution in [2.45, 2.75) is 18.3 Å². The molecule has 2 aliphatic rings. The molecule has 4 rings (SSSR count). The Hall–Kier alpha value is -2.72. The molecule has 1 atom stereocenters. The van der Waals surface area contributed by atoms with E-state index in [9.17, 15) is 22.8 Å². The molecule has 1 N–H and O–H groups in total. The summed E-state index contributed by atoms with van der Waals surface area (Å²) in [5.74, 6) is -1.04. The molecule has 0 aliphatic carbocycles. The van der Waals surface area contributed by atoms with Gasteiger partial charge in [-0.3, -0.25) is 9.59 Å². The number of rotatable bonds is 4. The van der Waals surface area contributed by atoms with Crippen LogP contribution >= 0.6 is 15.9 Å². The van der Waals surface area contributed by atoms with Crippen LogP contribution in [0.4, 0.5) is 18.9 Å². The fraction of sp³-hybridized carbons (Fsp3) is 0.286. The van der Waals surface area contributed by atoms with Crippen LogP contribution < -0.4 is 5.32 Å². The Morgan fingerprint density at radius 2 is 1.97 bits per heavy atom. The van der Waals surface area contributed by atoms with E-state index in [1.165, 1.54) is 17.0 Å². The quantitative estimate of drug-likeness (QED) is 0.700. The Bertz CT molecular complexity index is 1050. The number of carbonyl (C=O) groups excluding carboxylic acids is 2. The standard InChI is InChI=1S/C21H17BrF3N3O3/c22-15-6-4-13(5-7-15)18-19(30)28(20(27-18)8-9-31-12-20)11-17(29)26-16-3-1-2-14(10-16)21(23,24)25/h1-7,10H,8-9,11-12H2,(H,26,29). The first-order valence-electron chi connectivity index (χ1n) is 9.41. The van der Waals surface area contributed by atoms with Crippen molar-refractivity contribution in [3.05, 3.63) is 64.1 Å². The number of carbonyl (C=O) groups is 2. The predicted octanol–water partition coefficient (Wildman–Crippen LogP) is 3.85. The SMILES string of the molecule is O=C(CN1C(=O)C(c2ccc(Br)cc2)=NC12CCOC2)Nc1cccc(C(F)(F)F)c1. The topological polar surface area (TPSA) is 71.0 Å². The van der Waals surface area contributed by atoms with Gasteiger partial charge >= 0.3 is 6.18 Å². The van der Waals surface area contributed by atoms with Crippen LogP contribution in [0.5, 0.6) is 0 Å². The molecule has 0 saturated carbocycles. The van der Waals surface area contributed by atoms with Crippen molar-refractivity contribution in [2.75, 3.05) is 25.1 Å². The van der Waals surface area contributed by atoms with Gasteiger partial charge in [0.15, 0.2) is 5.66 Å². The second-order valence-electron chi connectivity index (χ2n) is 7.27. The summed E-state index contributed by atoms with van der Waals surface area (Å²) in [4.78, 5) is 31.7. The van der Waals surface area contributed by atoms with Gasteiger partial charge in [0.2, 0.25) is 5.91 Å². The van der Waals surface area contributed by atoms with Crippen LogP contribution in [0.2, 0.25) is 0 Å². The van der Waals surface area contributed by atoms with E-state index in [0.717, 1.165) is 16.6 Å². The van der Waals surface area contributed by atoms with Crippen LogP contribution in [0.25, 0.3) is 0 Å². The summed E-state index contributed by atoms with van der Waals surface area (Å²) in [5, 5.41) is 2.44. The highest BCUT2D eigenvalue weighted by molar-refractivity contribution is 9.10. The first-order chi connectivity index (χ1) is 14.7. The molecule has 162 valence electrons. The second-order valence-corrected chi connectivity index (χ2v) is 8.19. The number of nitrogens with one attached hydrogen (secondary N) is 1. The molecule has 2 aliphatic heterocycles. The molecule has 0 aromatic heterocycles. The predicted molar refractivity (Wildman–Crippen MR) is 111 cm³/mol. The van der Waals surface area contributed by atoms with E-state index in [1.807, 2.05) is 0 Å². The van der Waals surface area contributed by atoms with Gasteiger partial charge in [0.1, 0.15) is 12.3 Å². The van der Waals surface area contributed by atoms with Crippen LogP contribution in [-0.2, 0) is 20.5 Å². The highest BCUT2D eigenvalue weighted by Gasteiger charge is 2.50. The molecule has 0 bridgehead atoms. The molecule has 2 aromatic rings. The summed E-state index contributed by atoms with van der Waals surface area (Å²) in [6.07, 6.45) is -4.10. The van der Waals surface area contributed by atoms with Gasteiger partial charge in [-0.15, -0.1) is 0 Å². The molecular weight excluding hydrogens is 479 g/mol. The number of halogens is 4. The van der Waals surface area contributed by atoms with E-state index in [0.29, 0.717) is 18.6 Å². The van der Waals surface area contributed by atoms with E-state index in [2.05, 4.69) is 26.2 Å². The lowest BCUT2D eigenvalue weighted by atomic mass is 10.1. The number of benzene rings is 2. The molecule has 1 unspecified atom stereocenters. The summed E-state index contributed by atoms with van der Waals surface area (Å²) in [6, 6.07) is 11.4. The van der Waals surface area contributed by atoms with Crippen LogP contribution in [0, 0.1) is 0 Å². The van der Waals surface area contributed by atoms with Gasteiger partial charge in [-0.1, -0.05) is 34.1 Å². The average Bonchev–Trinajstić information content (AvgIpc) is 3.29. The van der Waals surface area contributed by atoms with Crippen molar-refractivity contribution in [2.24, 2.45) is 4.99 Å². The van der Waals surface area contributed by atoms with E-state index in [4.69, 9.17) is 4.74 Å². The molecule has 31 heavy (non-hydrogen) atoms. The normalized spacial score (nSPS) is 21.0. The molecule has 0 radical (unpaired) electrons. The Morgan fingerprint density at radius 3 is 2.61 bits per heavy atom. The van der Waals surface area contributed by atoms with Crippen LogP contribution in [0.15, 0.2) is 58.0 Å². The summed E-state index contributed by atoms with van der Waals surface area (Å²) >= 11 is 3.34. The Balaban J connectivity index is 1.54. The summed E-state index contributed by atoms with van der Waals surface area (Å²) in [5.41, 5.74) is -1.03. The number of hydrogen-bond acceptors (Lipinski definition) is 4. The fourth-order valence-corrected chi connectivity index (χ4v) is 3.87. The number of nitrogens with zero attached hydrogens (tertiary/aromatic N) is 2. The summed E-state index contributed by atoms with van der Waals surface area (Å²) in [6.45, 7) is 0.174. The highest BCUT2D eigenvalue weighted by Crippen LogP contribution is 2.35. The second kappa shape index (κ2) is 8.08. The minimum Gasteiger partial charge on any atom is -0.377 e. The zero-order valence-corrected chi connectivity index (χ0v) is 17.7. The molecule has 2 heterocycles. The van der Waals surface area contributed by atoms with Gasteiger partial charge in [-0.25, -0.2) is 4.99 Å². The molecule has 1 fully saturated rings. The van der Waals surface area contributed by atoms with E-state index in [1.54, 1.807) is 24.3 Å². The molecule has 1 saturated heterocycles. The zero-order valence-electron chi connectivity index (χ0n) is 16.1. The number of alkyl halides is 3. The van der Waals surface area contributed by atoms with Crippen molar-refractivity contribution >= 4 is 39.1 Å². The van der Waals surface area contributed by atoms with Crippen LogP contribution in [0.1, 0.15) is 17.5 Å². The molecule has 2 amide bonds. The molecule has 6 nitrogen and oxygen atoms in total. The van der Waals surface area contributed by atoms with E-state index in [-0.39, 0.29) is 24.6 Å². The van der Waals surface area contributed by atoms with Crippen LogP contribution in [0.3, 0.4) is 0 Å². The number of anilines is 1. The van der Waals surface area contributed by atoms with E-state index < -0.39 is 29.2 Å². The Morgan fingerprint density at radius 1 is 1.23 bits per heavy atom. The Labute approximate surface area is 184 Å². The van der Waals surface area contributed by atoms with Gasteiger partial charge in [-0.05, 0) is 30.3 Å². The van der Waals surface area contributed by atoms with Crippen molar-refractivity contribution in [1.29, 1.82) is 0 Å². The molecule has 10 heteroatoms. The largest absolute Gasteiger partial charge is 0.416 e. The van der Waals surface area contributed by atoms with Gasteiger partial charge in [-0.2, -0.15) is 13.2 Å². The first-order valence-corrected chi connectivity index (χ1v) is 10.2. The first kappa shape index (κ1) is 21.5. The third-order valence-electron chi connectivity index (χ3n) is 5.14. The average molecular weight is 496 g/mol. The molecular formula is C21H17BrF3N3O3. The minimum atomic E-state index is -4.52. The lowest BCUT2D eigenvalue weighted by Crippen LogP contribution is -2.50. The summed E-state index contributed by atoms with van der Waals surface area (Å²) in [7, 11) is 0. The fourth-order valence-electron chi connectivity index (χ4n) is 3.61. The van der Waals surface area contributed by atoms with Gasteiger partial charge in [0.25, 0.3) is 5.91 Å². The number of amides is 2. The van der Waals surface area contributed by atoms with Crippen molar-refractivity contribution in [1.82, 2.24) is 4.90 Å².